The van der Waals surface area contributed by atoms with Crippen LogP contribution in [-0.2, 0) is 31.7 Å². The van der Waals surface area contributed by atoms with E-state index in [2.05, 4.69) is 33.9 Å². The molecule has 202 valence electrons. The minimum absolute atomic E-state index is 0.00914. The summed E-state index contributed by atoms with van der Waals surface area (Å²) in [7, 11) is -2.08. The zero-order valence-electron chi connectivity index (χ0n) is 22.8. The number of amides is 2. The van der Waals surface area contributed by atoms with Crippen molar-refractivity contribution in [3.8, 4) is 0 Å². The fourth-order valence-electron chi connectivity index (χ4n) is 4.20. The van der Waals surface area contributed by atoms with Crippen LogP contribution in [0.15, 0.2) is 60.7 Å². The molecular formula is C29H41NO6Si. The molecule has 2 amide bonds. The topological polar surface area (TPSA) is 85.3 Å². The molecule has 1 N–H and O–H groups in total. The first-order valence-electron chi connectivity index (χ1n) is 12.9. The molecule has 0 saturated carbocycles. The Balaban J connectivity index is 1.78. The van der Waals surface area contributed by atoms with Gasteiger partial charge in [0.05, 0.1) is 18.8 Å². The summed E-state index contributed by atoms with van der Waals surface area (Å²) < 4.78 is 17.7. The third-order valence-corrected chi connectivity index (χ3v) is 11.9. The minimum Gasteiger partial charge on any atom is -0.447 e. The molecule has 1 aliphatic rings. The lowest BCUT2D eigenvalue weighted by Crippen LogP contribution is -2.51. The highest BCUT2D eigenvalue weighted by molar-refractivity contribution is 6.74. The SMILES string of the molecule is C[C@H](C[C@H](O)[C@H](OCc1ccccc1)C(=O)N1C(=O)OC[C@H]1Cc1ccccc1)O[Si](C)(C)C(C)(C)C. The molecule has 0 radical (unpaired) electrons. The van der Waals surface area contributed by atoms with Gasteiger partial charge < -0.3 is 19.0 Å². The second-order valence-corrected chi connectivity index (χ2v) is 16.1. The largest absolute Gasteiger partial charge is 0.447 e. The molecule has 0 unspecified atom stereocenters. The summed E-state index contributed by atoms with van der Waals surface area (Å²) in [5.74, 6) is -0.591. The molecule has 2 aromatic rings. The number of aliphatic hydroxyl groups excluding tert-OH is 1. The van der Waals surface area contributed by atoms with Crippen LogP contribution in [0.1, 0.15) is 45.2 Å². The van der Waals surface area contributed by atoms with Gasteiger partial charge in [-0.15, -0.1) is 0 Å². The molecule has 0 spiro atoms. The van der Waals surface area contributed by atoms with Crippen molar-refractivity contribution < 1.29 is 28.6 Å². The Morgan fingerprint density at radius 1 is 1.08 bits per heavy atom. The van der Waals surface area contributed by atoms with Crippen molar-refractivity contribution in [3.63, 3.8) is 0 Å². The highest BCUT2D eigenvalue weighted by Crippen LogP contribution is 2.37. The average Bonchev–Trinajstić information content (AvgIpc) is 3.18. The van der Waals surface area contributed by atoms with E-state index in [1.807, 2.05) is 67.6 Å². The molecule has 0 aromatic heterocycles. The average molecular weight is 528 g/mol. The maximum atomic E-state index is 13.8. The summed E-state index contributed by atoms with van der Waals surface area (Å²) in [5, 5.41) is 11.3. The van der Waals surface area contributed by atoms with E-state index in [4.69, 9.17) is 13.9 Å². The molecule has 2 aromatic carbocycles. The summed E-state index contributed by atoms with van der Waals surface area (Å²) in [6.07, 6.45) is -2.75. The van der Waals surface area contributed by atoms with E-state index in [1.165, 1.54) is 0 Å². The standard InChI is InChI=1S/C29H41NO6Si/c1-21(36-37(5,6)29(2,3)4)17-25(31)26(34-19-23-15-11-8-12-16-23)27(32)30-24(20-35-28(30)33)18-22-13-9-7-10-14-22/h7-16,21,24-26,31H,17-20H2,1-6H3/t21-,24-,25+,26+/m1/s1. The van der Waals surface area contributed by atoms with Gasteiger partial charge in [-0.25, -0.2) is 9.69 Å². The molecule has 0 bridgehead atoms. The van der Waals surface area contributed by atoms with Crippen molar-refractivity contribution in [2.45, 2.75) is 89.6 Å². The van der Waals surface area contributed by atoms with Crippen molar-refractivity contribution >= 4 is 20.3 Å². The number of rotatable bonds is 11. The minimum atomic E-state index is -2.08. The van der Waals surface area contributed by atoms with Gasteiger partial charge in [-0.2, -0.15) is 0 Å². The molecule has 1 heterocycles. The second-order valence-electron chi connectivity index (χ2n) is 11.3. The lowest BCUT2D eigenvalue weighted by Gasteiger charge is -2.39. The Morgan fingerprint density at radius 2 is 1.65 bits per heavy atom. The van der Waals surface area contributed by atoms with Crippen molar-refractivity contribution in [3.05, 3.63) is 71.8 Å². The van der Waals surface area contributed by atoms with Gasteiger partial charge >= 0.3 is 6.09 Å². The van der Waals surface area contributed by atoms with Crippen LogP contribution in [0, 0.1) is 0 Å². The van der Waals surface area contributed by atoms with Crippen LogP contribution in [0.25, 0.3) is 0 Å². The van der Waals surface area contributed by atoms with Crippen LogP contribution in [0.5, 0.6) is 0 Å². The lowest BCUT2D eigenvalue weighted by atomic mass is 10.0. The van der Waals surface area contributed by atoms with Crippen molar-refractivity contribution in [1.82, 2.24) is 4.90 Å². The predicted molar refractivity (Wildman–Crippen MR) is 146 cm³/mol. The first kappa shape index (κ1) is 29.0. The Morgan fingerprint density at radius 3 is 2.22 bits per heavy atom. The van der Waals surface area contributed by atoms with Gasteiger partial charge in [0.25, 0.3) is 5.91 Å². The summed E-state index contributed by atoms with van der Waals surface area (Å²) in [6, 6.07) is 18.6. The Kier molecular flexibility index (Phi) is 9.69. The van der Waals surface area contributed by atoms with E-state index < -0.39 is 38.6 Å². The number of carbonyl (C=O) groups is 2. The summed E-state index contributed by atoms with van der Waals surface area (Å²) >= 11 is 0. The van der Waals surface area contributed by atoms with E-state index in [9.17, 15) is 14.7 Å². The Labute approximate surface area is 221 Å². The molecule has 3 rings (SSSR count). The third kappa shape index (κ3) is 7.74. The van der Waals surface area contributed by atoms with Crippen LogP contribution in [0.4, 0.5) is 4.79 Å². The first-order chi connectivity index (χ1) is 17.4. The van der Waals surface area contributed by atoms with Crippen molar-refractivity contribution in [2.75, 3.05) is 6.61 Å². The summed E-state index contributed by atoms with van der Waals surface area (Å²) in [5.41, 5.74) is 1.85. The molecular weight excluding hydrogens is 486 g/mol. The monoisotopic (exact) mass is 527 g/mol. The maximum Gasteiger partial charge on any atom is 0.417 e. The van der Waals surface area contributed by atoms with Gasteiger partial charge in [0.1, 0.15) is 6.61 Å². The number of hydrogen-bond donors (Lipinski definition) is 1. The van der Waals surface area contributed by atoms with Crippen LogP contribution in [-0.4, -0.2) is 61.3 Å². The number of nitrogens with zero attached hydrogens (tertiary/aromatic N) is 1. The van der Waals surface area contributed by atoms with E-state index in [1.54, 1.807) is 0 Å². The number of imide groups is 1. The fraction of sp³-hybridized carbons (Fsp3) is 0.517. The van der Waals surface area contributed by atoms with Crippen LogP contribution < -0.4 is 0 Å². The lowest BCUT2D eigenvalue weighted by molar-refractivity contribution is -0.152. The number of cyclic esters (lactones) is 1. The van der Waals surface area contributed by atoms with E-state index in [0.29, 0.717) is 6.42 Å². The van der Waals surface area contributed by atoms with E-state index in [0.717, 1.165) is 16.0 Å². The normalized spacial score (nSPS) is 18.8. The van der Waals surface area contributed by atoms with Crippen molar-refractivity contribution in [2.24, 2.45) is 0 Å². The van der Waals surface area contributed by atoms with Gasteiger partial charge in [0.15, 0.2) is 14.4 Å². The quantitative estimate of drug-likeness (QED) is 0.398. The highest BCUT2D eigenvalue weighted by Gasteiger charge is 2.44. The number of carbonyl (C=O) groups excluding carboxylic acids is 2. The molecule has 0 aliphatic carbocycles. The zero-order valence-corrected chi connectivity index (χ0v) is 23.8. The van der Waals surface area contributed by atoms with Crippen LogP contribution >= 0.6 is 0 Å². The van der Waals surface area contributed by atoms with Crippen LogP contribution in [0.2, 0.25) is 18.1 Å². The molecule has 1 saturated heterocycles. The van der Waals surface area contributed by atoms with Crippen molar-refractivity contribution in [1.29, 1.82) is 0 Å². The summed E-state index contributed by atoms with van der Waals surface area (Å²) in [6.45, 7) is 12.9. The first-order valence-corrected chi connectivity index (χ1v) is 15.8. The molecule has 4 atom stereocenters. The number of hydrogen-bond acceptors (Lipinski definition) is 6. The smallest absolute Gasteiger partial charge is 0.417 e. The molecule has 7 nitrogen and oxygen atoms in total. The molecule has 8 heteroatoms. The van der Waals surface area contributed by atoms with Crippen LogP contribution in [0.3, 0.4) is 0 Å². The van der Waals surface area contributed by atoms with Gasteiger partial charge in [-0.3, -0.25) is 4.79 Å². The zero-order chi connectivity index (χ0) is 27.2. The summed E-state index contributed by atoms with van der Waals surface area (Å²) in [4.78, 5) is 27.5. The third-order valence-electron chi connectivity index (χ3n) is 7.25. The number of aliphatic hydroxyl groups is 1. The van der Waals surface area contributed by atoms with Gasteiger partial charge in [0.2, 0.25) is 0 Å². The molecule has 1 aliphatic heterocycles. The number of benzene rings is 2. The molecule has 37 heavy (non-hydrogen) atoms. The Hall–Kier alpha value is -2.52. The molecule has 1 fully saturated rings. The fourth-order valence-corrected chi connectivity index (χ4v) is 5.66. The van der Waals surface area contributed by atoms with E-state index in [-0.39, 0.29) is 30.8 Å². The number of ether oxygens (including phenoxy) is 2. The van der Waals surface area contributed by atoms with Gasteiger partial charge in [-0.1, -0.05) is 81.4 Å². The predicted octanol–water partition coefficient (Wildman–Crippen LogP) is 5.32. The van der Waals surface area contributed by atoms with Gasteiger partial charge in [-0.05, 0) is 42.6 Å². The Bertz CT molecular complexity index is 1020. The highest BCUT2D eigenvalue weighted by atomic mass is 28.4. The second kappa shape index (κ2) is 12.3. The van der Waals surface area contributed by atoms with E-state index >= 15 is 0 Å². The maximum absolute atomic E-state index is 13.8. The van der Waals surface area contributed by atoms with Gasteiger partial charge in [0, 0.05) is 12.5 Å².